The van der Waals surface area contributed by atoms with Gasteiger partial charge in [0, 0.05) is 29.4 Å². The lowest BCUT2D eigenvalue weighted by atomic mass is 10.2. The van der Waals surface area contributed by atoms with Crippen LogP contribution in [0.5, 0.6) is 0 Å². The molecule has 5 rings (SSSR count). The Morgan fingerprint density at radius 1 is 1.05 bits per heavy atom. The number of carbonyl (C=O) groups excluding carboxylic acids is 2. The fourth-order valence-electron chi connectivity index (χ4n) is 4.01. The van der Waals surface area contributed by atoms with E-state index in [0.717, 1.165) is 4.88 Å². The Morgan fingerprint density at radius 3 is 2.51 bits per heavy atom. The van der Waals surface area contributed by atoms with Crippen molar-refractivity contribution in [2.24, 2.45) is 0 Å². The van der Waals surface area contributed by atoms with E-state index in [-0.39, 0.29) is 23.3 Å². The number of thiazole rings is 1. The van der Waals surface area contributed by atoms with E-state index in [4.69, 9.17) is 5.73 Å². The highest BCUT2D eigenvalue weighted by atomic mass is 32.1. The van der Waals surface area contributed by atoms with Gasteiger partial charge in [-0.05, 0) is 62.2 Å². The first-order valence-electron chi connectivity index (χ1n) is 11.7. The van der Waals surface area contributed by atoms with Gasteiger partial charge in [0.15, 0.2) is 16.6 Å². The maximum absolute atomic E-state index is 13.8. The number of aryl methyl sites for hydroxylation is 1. The standard InChI is InChI=1S/C27H22N8O3S/c1-4-6-21(36)33(3)19-7-5-8-20(13-19)35-24-22(23(28)30-15-31-24)34(27(35)38)18-11-9-17(10-12-18)25(37)32-26-29-14-16(2)39-26/h5,7-15H,1-3H3,(H2,28,30,31)(H,29,32,37). The van der Waals surface area contributed by atoms with Crippen LogP contribution in [0.4, 0.5) is 16.6 Å². The molecule has 0 saturated carbocycles. The van der Waals surface area contributed by atoms with Gasteiger partial charge in [-0.15, -0.1) is 11.3 Å². The van der Waals surface area contributed by atoms with Crippen molar-refractivity contribution < 1.29 is 9.59 Å². The first-order chi connectivity index (χ1) is 18.8. The molecule has 0 radical (unpaired) electrons. The molecular formula is C27H22N8O3S. The van der Waals surface area contributed by atoms with Crippen LogP contribution in [-0.2, 0) is 4.79 Å². The van der Waals surface area contributed by atoms with Gasteiger partial charge >= 0.3 is 11.6 Å². The zero-order valence-corrected chi connectivity index (χ0v) is 22.0. The van der Waals surface area contributed by atoms with Gasteiger partial charge in [-0.1, -0.05) is 12.0 Å². The third-order valence-electron chi connectivity index (χ3n) is 5.89. The number of hydrogen-bond donors (Lipinski definition) is 2. The highest BCUT2D eigenvalue weighted by Gasteiger charge is 2.21. The molecule has 0 atom stereocenters. The van der Waals surface area contributed by atoms with E-state index in [1.165, 1.54) is 31.7 Å². The number of fused-ring (bicyclic) bond motifs is 1. The van der Waals surface area contributed by atoms with Gasteiger partial charge in [-0.25, -0.2) is 24.3 Å². The Kier molecular flexibility index (Phi) is 6.66. The summed E-state index contributed by atoms with van der Waals surface area (Å²) in [4.78, 5) is 53.7. The second-order valence-corrected chi connectivity index (χ2v) is 9.66. The van der Waals surface area contributed by atoms with E-state index < -0.39 is 5.69 Å². The first-order valence-corrected chi connectivity index (χ1v) is 12.5. The fraction of sp³-hybridized carbons (Fsp3) is 0.111. The molecule has 39 heavy (non-hydrogen) atoms. The van der Waals surface area contributed by atoms with Gasteiger partial charge in [-0.2, -0.15) is 0 Å². The number of nitrogens with zero attached hydrogens (tertiary/aromatic N) is 6. The van der Waals surface area contributed by atoms with E-state index in [1.54, 1.807) is 68.7 Å². The summed E-state index contributed by atoms with van der Waals surface area (Å²) in [6.07, 6.45) is 2.96. The molecule has 12 heteroatoms. The third kappa shape index (κ3) is 4.74. The molecule has 3 aromatic heterocycles. The third-order valence-corrected chi connectivity index (χ3v) is 6.72. The van der Waals surface area contributed by atoms with Crippen molar-refractivity contribution in [3.8, 4) is 23.2 Å². The lowest BCUT2D eigenvalue weighted by molar-refractivity contribution is -0.113. The largest absolute Gasteiger partial charge is 0.382 e. The van der Waals surface area contributed by atoms with Gasteiger partial charge in [0.05, 0.1) is 11.4 Å². The van der Waals surface area contributed by atoms with Crippen LogP contribution in [0.2, 0.25) is 0 Å². The number of carbonyl (C=O) groups is 2. The highest BCUT2D eigenvalue weighted by molar-refractivity contribution is 7.15. The summed E-state index contributed by atoms with van der Waals surface area (Å²) in [5, 5.41) is 3.27. The molecule has 194 valence electrons. The minimum atomic E-state index is -0.452. The average Bonchev–Trinajstić information content (AvgIpc) is 3.48. The minimum absolute atomic E-state index is 0.110. The topological polar surface area (TPSA) is 141 Å². The molecule has 0 aliphatic heterocycles. The van der Waals surface area contributed by atoms with Gasteiger partial charge in [0.2, 0.25) is 0 Å². The number of hydrogen-bond acceptors (Lipinski definition) is 8. The molecule has 3 N–H and O–H groups in total. The van der Waals surface area contributed by atoms with Crippen LogP contribution < -0.4 is 21.6 Å². The molecular weight excluding hydrogens is 516 g/mol. The van der Waals surface area contributed by atoms with Crippen LogP contribution in [0.15, 0.2) is 65.8 Å². The number of imidazole rings is 1. The monoisotopic (exact) mass is 538 g/mol. The van der Waals surface area contributed by atoms with Crippen molar-refractivity contribution in [2.75, 3.05) is 23.0 Å². The highest BCUT2D eigenvalue weighted by Crippen LogP contribution is 2.25. The van der Waals surface area contributed by atoms with E-state index in [9.17, 15) is 14.4 Å². The number of nitrogens with one attached hydrogen (secondary N) is 1. The SMILES string of the molecule is CC#CC(=O)N(C)c1cccc(-n2c(=O)n(-c3ccc(C(=O)Nc4ncc(C)s4)cc3)c3c(N)ncnc32)c1. The second kappa shape index (κ2) is 10.2. The fourth-order valence-corrected chi connectivity index (χ4v) is 4.67. The molecule has 3 heterocycles. The van der Waals surface area contributed by atoms with Crippen molar-refractivity contribution in [1.82, 2.24) is 24.1 Å². The first kappa shape index (κ1) is 25.4. The van der Waals surface area contributed by atoms with Gasteiger partial charge in [0.1, 0.15) is 11.8 Å². The molecule has 0 aliphatic rings. The lowest BCUT2D eigenvalue weighted by Crippen LogP contribution is -2.25. The Labute approximate surface area is 226 Å². The number of benzene rings is 2. The average molecular weight is 539 g/mol. The molecule has 0 aliphatic carbocycles. The summed E-state index contributed by atoms with van der Waals surface area (Å²) in [5.74, 6) is 4.49. The van der Waals surface area contributed by atoms with Gasteiger partial charge < -0.3 is 10.6 Å². The van der Waals surface area contributed by atoms with Gasteiger partial charge in [-0.3, -0.25) is 19.5 Å². The lowest BCUT2D eigenvalue weighted by Gasteiger charge is -2.15. The van der Waals surface area contributed by atoms with Crippen LogP contribution in [0.1, 0.15) is 22.2 Å². The van der Waals surface area contributed by atoms with Crippen molar-refractivity contribution in [2.45, 2.75) is 13.8 Å². The van der Waals surface area contributed by atoms with Crippen molar-refractivity contribution in [3.63, 3.8) is 0 Å². The molecule has 2 aromatic carbocycles. The van der Waals surface area contributed by atoms with E-state index >= 15 is 0 Å². The van der Waals surface area contributed by atoms with E-state index in [2.05, 4.69) is 32.1 Å². The number of aromatic nitrogens is 5. The number of amides is 2. The Balaban J connectivity index is 1.58. The Morgan fingerprint density at radius 2 is 1.82 bits per heavy atom. The summed E-state index contributed by atoms with van der Waals surface area (Å²) in [5.41, 5.74) is 8.22. The zero-order chi connectivity index (χ0) is 27.7. The molecule has 0 fully saturated rings. The van der Waals surface area contributed by atoms with Crippen LogP contribution in [0, 0.1) is 18.8 Å². The molecule has 11 nitrogen and oxygen atoms in total. The summed E-state index contributed by atoms with van der Waals surface area (Å²) in [6.45, 7) is 3.49. The zero-order valence-electron chi connectivity index (χ0n) is 21.2. The van der Waals surface area contributed by atoms with Crippen molar-refractivity contribution >= 4 is 51.0 Å². The molecule has 0 unspecified atom stereocenters. The molecule has 2 amide bonds. The van der Waals surface area contributed by atoms with Crippen LogP contribution in [-0.4, -0.2) is 42.9 Å². The predicted octanol–water partition coefficient (Wildman–Crippen LogP) is 3.16. The summed E-state index contributed by atoms with van der Waals surface area (Å²) >= 11 is 1.38. The maximum atomic E-state index is 13.8. The number of nitrogen functional groups attached to an aromatic ring is 1. The molecule has 0 spiro atoms. The summed E-state index contributed by atoms with van der Waals surface area (Å²) < 4.78 is 2.78. The normalized spacial score (nSPS) is 10.6. The summed E-state index contributed by atoms with van der Waals surface area (Å²) in [7, 11) is 1.60. The molecule has 0 bridgehead atoms. The van der Waals surface area contributed by atoms with Crippen LogP contribution in [0.3, 0.4) is 0 Å². The van der Waals surface area contributed by atoms with Crippen LogP contribution >= 0.6 is 11.3 Å². The van der Waals surface area contributed by atoms with E-state index in [1.807, 2.05) is 6.92 Å². The Bertz CT molecular complexity index is 1860. The van der Waals surface area contributed by atoms with Crippen molar-refractivity contribution in [1.29, 1.82) is 0 Å². The quantitative estimate of drug-likeness (QED) is 0.328. The molecule has 5 aromatic rings. The van der Waals surface area contributed by atoms with Gasteiger partial charge in [0.25, 0.3) is 5.91 Å². The summed E-state index contributed by atoms with van der Waals surface area (Å²) in [6, 6.07) is 13.4. The molecule has 0 saturated heterocycles. The second-order valence-electron chi connectivity index (χ2n) is 8.42. The van der Waals surface area contributed by atoms with Crippen LogP contribution in [0.25, 0.3) is 22.5 Å². The van der Waals surface area contributed by atoms with E-state index in [0.29, 0.717) is 33.3 Å². The minimum Gasteiger partial charge on any atom is -0.382 e. The van der Waals surface area contributed by atoms with Crippen molar-refractivity contribution in [3.05, 3.63) is 82.0 Å². The smallest absolute Gasteiger partial charge is 0.339 e. The Hall–Kier alpha value is -5.28. The predicted molar refractivity (Wildman–Crippen MR) is 151 cm³/mol. The number of anilines is 3. The number of nitrogens with two attached hydrogens (primary N) is 1. The maximum Gasteiger partial charge on any atom is 0.339 e. The number of rotatable bonds is 5.